The van der Waals surface area contributed by atoms with Gasteiger partial charge in [0.1, 0.15) is 19.3 Å². The molecule has 0 rings (SSSR count). The summed E-state index contributed by atoms with van der Waals surface area (Å²) in [6, 6.07) is 0. The molecule has 0 saturated carbocycles. The molecule has 3 N–H and O–H groups in total. The van der Waals surface area contributed by atoms with E-state index in [9.17, 15) is 43.2 Å². The third-order valence-electron chi connectivity index (χ3n) is 21.0. The predicted octanol–water partition coefficient (Wildman–Crippen LogP) is 27.4. The van der Waals surface area contributed by atoms with Gasteiger partial charge in [0.15, 0.2) is 12.2 Å². The highest BCUT2D eigenvalue weighted by Gasteiger charge is 2.31. The minimum Gasteiger partial charge on any atom is -0.462 e. The molecule has 0 aliphatic heterocycles. The van der Waals surface area contributed by atoms with Gasteiger partial charge in [-0.1, -0.05) is 427 Å². The summed E-state index contributed by atoms with van der Waals surface area (Å²) in [5.41, 5.74) is 0. The second-order valence-corrected chi connectivity index (χ2v) is 35.8. The fourth-order valence-electron chi connectivity index (χ4n) is 14.0. The highest BCUT2D eigenvalue weighted by Crippen LogP contribution is 2.45. The van der Waals surface area contributed by atoms with Crippen molar-refractivity contribution in [2.24, 2.45) is 11.8 Å². The molecule has 0 radical (unpaired) electrons. The zero-order chi connectivity index (χ0) is 79.2. The molecule has 19 heteroatoms. The maximum Gasteiger partial charge on any atom is 0.472 e. The van der Waals surface area contributed by atoms with Crippen LogP contribution in [0.3, 0.4) is 0 Å². The molecule has 17 nitrogen and oxygen atoms in total. The number of rotatable bonds is 88. The molecule has 0 amide bonds. The molecule has 2 unspecified atom stereocenters. The Morgan fingerprint density at radius 1 is 0.250 bits per heavy atom. The quantitative estimate of drug-likeness (QED) is 0.0222. The van der Waals surface area contributed by atoms with Gasteiger partial charge in [0.25, 0.3) is 0 Å². The number of phosphoric acid groups is 2. The van der Waals surface area contributed by atoms with Crippen LogP contribution >= 0.6 is 15.6 Å². The van der Waals surface area contributed by atoms with Gasteiger partial charge in [-0.2, -0.15) is 0 Å². The molecule has 0 bridgehead atoms. The van der Waals surface area contributed by atoms with Crippen LogP contribution in [0.15, 0.2) is 0 Å². The molecule has 0 aliphatic rings. The summed E-state index contributed by atoms with van der Waals surface area (Å²) in [5, 5.41) is 10.7. The molecule has 0 aromatic carbocycles. The first kappa shape index (κ1) is 106. The van der Waals surface area contributed by atoms with Crippen molar-refractivity contribution in [3.63, 3.8) is 0 Å². The average molecular weight is 1580 g/mol. The van der Waals surface area contributed by atoms with E-state index in [0.29, 0.717) is 25.7 Å². The normalized spacial score (nSPS) is 13.8. The Morgan fingerprint density at radius 2 is 0.426 bits per heavy atom. The van der Waals surface area contributed by atoms with Crippen LogP contribution in [0.5, 0.6) is 0 Å². The van der Waals surface area contributed by atoms with Gasteiger partial charge < -0.3 is 33.8 Å². The van der Waals surface area contributed by atoms with Crippen LogP contribution in [0.2, 0.25) is 0 Å². The number of aliphatic hydroxyl groups is 1. The number of ether oxygens (including phenoxy) is 4. The van der Waals surface area contributed by atoms with Crippen molar-refractivity contribution in [1.82, 2.24) is 0 Å². The number of carbonyl (C=O) groups is 4. The van der Waals surface area contributed by atoms with Crippen LogP contribution in [0.1, 0.15) is 478 Å². The lowest BCUT2D eigenvalue weighted by molar-refractivity contribution is -0.161. The summed E-state index contributed by atoms with van der Waals surface area (Å²) in [5.74, 6) is -0.526. The Kier molecular flexibility index (Phi) is 78.8. The number of unbranched alkanes of at least 4 members (excludes halogenated alkanes) is 58. The zero-order valence-electron chi connectivity index (χ0n) is 71.2. The smallest absolute Gasteiger partial charge is 0.462 e. The molecular weight excluding hydrogens is 1400 g/mol. The van der Waals surface area contributed by atoms with Gasteiger partial charge in [-0.25, -0.2) is 9.13 Å². The van der Waals surface area contributed by atoms with Crippen LogP contribution < -0.4 is 0 Å². The number of aliphatic hydroxyl groups excluding tert-OH is 1. The van der Waals surface area contributed by atoms with Crippen LogP contribution in [0.25, 0.3) is 0 Å². The molecule has 0 fully saturated rings. The first-order chi connectivity index (χ1) is 52.4. The molecule has 0 heterocycles. The zero-order valence-corrected chi connectivity index (χ0v) is 73.0. The van der Waals surface area contributed by atoms with Crippen LogP contribution in [0, 0.1) is 11.8 Å². The standard InChI is InChI=1S/C89H174O17P2/c1-7-9-11-13-15-17-19-21-22-23-24-25-26-30-33-37-41-48-54-60-66-72-87(92)100-77-84(105-88(93)73-67-61-55-49-42-38-34-31-28-27-29-32-36-39-45-51-57-63-69-81(3)4)79-103-107(95,96)101-75-83(90)76-102-108(97,98)104-80-85(106-89(94)74-68-62-56-50-44-43-46-52-58-64-70-82(5)6)78-99-86(91)71-65-59-53-47-40-35-20-18-16-14-12-10-8-2/h81-85,90H,7-80H2,1-6H3,(H,95,96)(H,97,98)/t83-,84-,85-/m1/s1. The molecule has 0 saturated heterocycles. The highest BCUT2D eigenvalue weighted by molar-refractivity contribution is 7.47. The van der Waals surface area contributed by atoms with E-state index in [1.807, 2.05) is 0 Å². The number of hydrogen-bond acceptors (Lipinski definition) is 15. The van der Waals surface area contributed by atoms with Crippen LogP contribution in [-0.4, -0.2) is 96.7 Å². The van der Waals surface area contributed by atoms with E-state index in [0.717, 1.165) is 102 Å². The first-order valence-electron chi connectivity index (χ1n) is 46.0. The van der Waals surface area contributed by atoms with Gasteiger partial charge in [-0.3, -0.25) is 37.3 Å². The van der Waals surface area contributed by atoms with Crippen molar-refractivity contribution < 1.29 is 80.2 Å². The van der Waals surface area contributed by atoms with Crippen molar-refractivity contribution in [3.8, 4) is 0 Å². The topological polar surface area (TPSA) is 237 Å². The Balaban J connectivity index is 5.23. The van der Waals surface area contributed by atoms with E-state index in [2.05, 4.69) is 41.5 Å². The Bertz CT molecular complexity index is 2060. The minimum atomic E-state index is -4.97. The molecule has 642 valence electrons. The lowest BCUT2D eigenvalue weighted by atomic mass is 10.0. The fourth-order valence-corrected chi connectivity index (χ4v) is 15.5. The van der Waals surface area contributed by atoms with Gasteiger partial charge in [0, 0.05) is 25.7 Å². The van der Waals surface area contributed by atoms with Gasteiger partial charge in [-0.15, -0.1) is 0 Å². The van der Waals surface area contributed by atoms with Crippen molar-refractivity contribution in [2.45, 2.75) is 496 Å². The molecule has 0 aliphatic carbocycles. The number of esters is 4. The van der Waals surface area contributed by atoms with Crippen molar-refractivity contribution in [2.75, 3.05) is 39.6 Å². The summed E-state index contributed by atoms with van der Waals surface area (Å²) in [7, 11) is -9.93. The third-order valence-corrected chi connectivity index (χ3v) is 22.9. The summed E-state index contributed by atoms with van der Waals surface area (Å²) < 4.78 is 69.0. The van der Waals surface area contributed by atoms with Gasteiger partial charge in [0.2, 0.25) is 0 Å². The van der Waals surface area contributed by atoms with Gasteiger partial charge in [0.05, 0.1) is 26.4 Å². The average Bonchev–Trinajstić information content (AvgIpc) is 0.894. The monoisotopic (exact) mass is 1580 g/mol. The number of carbonyl (C=O) groups excluding carboxylic acids is 4. The molecule has 0 aromatic rings. The maximum absolute atomic E-state index is 13.2. The molecular formula is C89H174O17P2. The van der Waals surface area contributed by atoms with Crippen LogP contribution in [-0.2, 0) is 65.4 Å². The highest BCUT2D eigenvalue weighted by atomic mass is 31.2. The molecule has 0 spiro atoms. The summed E-state index contributed by atoms with van der Waals surface area (Å²) >= 11 is 0. The molecule has 108 heavy (non-hydrogen) atoms. The van der Waals surface area contributed by atoms with E-state index in [4.69, 9.17) is 37.0 Å². The Morgan fingerprint density at radius 3 is 0.630 bits per heavy atom. The van der Waals surface area contributed by atoms with E-state index in [1.165, 1.54) is 295 Å². The third kappa shape index (κ3) is 82.1. The summed E-state index contributed by atoms with van der Waals surface area (Å²) in [6.07, 6.45) is 73.7. The van der Waals surface area contributed by atoms with Gasteiger partial charge >= 0.3 is 39.5 Å². The van der Waals surface area contributed by atoms with Crippen molar-refractivity contribution in [1.29, 1.82) is 0 Å². The van der Waals surface area contributed by atoms with E-state index < -0.39 is 97.5 Å². The van der Waals surface area contributed by atoms with Gasteiger partial charge in [-0.05, 0) is 37.5 Å². The van der Waals surface area contributed by atoms with E-state index in [-0.39, 0.29) is 25.7 Å². The van der Waals surface area contributed by atoms with E-state index in [1.54, 1.807) is 0 Å². The first-order valence-corrected chi connectivity index (χ1v) is 49.0. The second-order valence-electron chi connectivity index (χ2n) is 32.9. The number of hydrogen-bond donors (Lipinski definition) is 3. The van der Waals surface area contributed by atoms with E-state index >= 15 is 0 Å². The number of phosphoric ester groups is 2. The fraction of sp³-hybridized carbons (Fsp3) is 0.955. The van der Waals surface area contributed by atoms with Crippen molar-refractivity contribution in [3.05, 3.63) is 0 Å². The lowest BCUT2D eigenvalue weighted by Crippen LogP contribution is -2.30. The largest absolute Gasteiger partial charge is 0.472 e. The molecule has 5 atom stereocenters. The summed E-state index contributed by atoms with van der Waals surface area (Å²) in [4.78, 5) is 73.3. The second kappa shape index (κ2) is 80.3. The Hall–Kier alpha value is -1.94. The van der Waals surface area contributed by atoms with Crippen LogP contribution in [0.4, 0.5) is 0 Å². The minimum absolute atomic E-state index is 0.107. The lowest BCUT2D eigenvalue weighted by Gasteiger charge is -2.21. The predicted molar refractivity (Wildman–Crippen MR) is 446 cm³/mol. The SMILES string of the molecule is CCCCCCCCCCCCCCCCCCCCCCCC(=O)OC[C@H](COP(=O)(O)OC[C@@H](O)COP(=O)(O)OC[C@@H](COC(=O)CCCCCCCCCCCCCCC)OC(=O)CCCCCCCCCCCCC(C)C)OC(=O)CCCCCCCCCCCCCCCCCCCCC(C)C. The summed E-state index contributed by atoms with van der Waals surface area (Å²) in [6.45, 7) is 9.71. The van der Waals surface area contributed by atoms with Crippen molar-refractivity contribution >= 4 is 39.5 Å². The Labute approximate surface area is 664 Å². The maximum atomic E-state index is 13.2. The molecule has 0 aromatic heterocycles.